The highest BCUT2D eigenvalue weighted by atomic mass is 16.3. The molecule has 0 spiro atoms. The summed E-state index contributed by atoms with van der Waals surface area (Å²) in [4.78, 5) is 4.78. The summed E-state index contributed by atoms with van der Waals surface area (Å²) in [7, 11) is 0. The van der Waals surface area contributed by atoms with Crippen molar-refractivity contribution in [1.29, 1.82) is 0 Å². The van der Waals surface area contributed by atoms with Crippen LogP contribution in [0.1, 0.15) is 35.4 Å². The first-order valence-corrected chi connectivity index (χ1v) is 10.4. The smallest absolute Gasteiger partial charge is 0.191 e. The van der Waals surface area contributed by atoms with Crippen LogP contribution >= 0.6 is 0 Å². The van der Waals surface area contributed by atoms with Gasteiger partial charge < -0.3 is 15.7 Å². The summed E-state index contributed by atoms with van der Waals surface area (Å²) in [6.07, 6.45) is 0. The third-order valence-corrected chi connectivity index (χ3v) is 4.99. The topological polar surface area (TPSA) is 74.5 Å². The first-order chi connectivity index (χ1) is 14.6. The Morgan fingerprint density at radius 2 is 1.80 bits per heavy atom. The van der Waals surface area contributed by atoms with Gasteiger partial charge in [0.15, 0.2) is 5.96 Å². The zero-order valence-electron chi connectivity index (χ0n) is 18.0. The molecule has 3 aromatic rings. The van der Waals surface area contributed by atoms with Crippen LogP contribution in [0, 0.1) is 13.8 Å². The second-order valence-electron chi connectivity index (χ2n) is 7.33. The minimum atomic E-state index is 0.0111. The minimum absolute atomic E-state index is 0.0111. The largest absolute Gasteiger partial charge is 0.396 e. The molecule has 1 aromatic heterocycles. The predicted octanol–water partition coefficient (Wildman–Crippen LogP) is 3.32. The minimum Gasteiger partial charge on any atom is -0.396 e. The zero-order valence-corrected chi connectivity index (χ0v) is 18.0. The molecule has 1 heterocycles. The van der Waals surface area contributed by atoms with E-state index in [1.54, 1.807) is 0 Å². The number of para-hydroxylation sites is 1. The van der Waals surface area contributed by atoms with E-state index >= 15 is 0 Å². The molecule has 0 radical (unpaired) electrons. The van der Waals surface area contributed by atoms with Gasteiger partial charge in [-0.25, -0.2) is 9.67 Å². The van der Waals surface area contributed by atoms with Crippen molar-refractivity contribution in [1.82, 2.24) is 20.4 Å². The van der Waals surface area contributed by atoms with Gasteiger partial charge in [-0.05, 0) is 44.0 Å². The highest BCUT2D eigenvalue weighted by Gasteiger charge is 2.12. The zero-order chi connectivity index (χ0) is 21.3. The number of aliphatic hydroxyl groups excluding tert-OH is 1. The van der Waals surface area contributed by atoms with Crippen LogP contribution in [0.2, 0.25) is 0 Å². The summed E-state index contributed by atoms with van der Waals surface area (Å²) in [6.45, 7) is 8.08. The lowest BCUT2D eigenvalue weighted by atomic mass is 10.0. The molecule has 0 aliphatic carbocycles. The molecule has 0 fully saturated rings. The van der Waals surface area contributed by atoms with Crippen LogP contribution in [0.25, 0.3) is 5.69 Å². The van der Waals surface area contributed by atoms with Crippen molar-refractivity contribution in [3.05, 3.63) is 83.2 Å². The second-order valence-corrected chi connectivity index (χ2v) is 7.33. The van der Waals surface area contributed by atoms with E-state index in [-0.39, 0.29) is 12.5 Å². The number of guanidine groups is 1. The summed E-state index contributed by atoms with van der Waals surface area (Å²) in [5, 5.41) is 21.1. The number of aryl methyl sites for hydroxylation is 2. The molecule has 3 N–H and O–H groups in total. The van der Waals surface area contributed by atoms with Gasteiger partial charge >= 0.3 is 0 Å². The van der Waals surface area contributed by atoms with Gasteiger partial charge in [0.2, 0.25) is 0 Å². The van der Waals surface area contributed by atoms with Crippen molar-refractivity contribution in [2.24, 2.45) is 4.99 Å². The highest BCUT2D eigenvalue weighted by Crippen LogP contribution is 2.18. The van der Waals surface area contributed by atoms with Crippen molar-refractivity contribution in [3.63, 3.8) is 0 Å². The Hall–Kier alpha value is -3.12. The Labute approximate surface area is 178 Å². The number of rotatable bonds is 8. The van der Waals surface area contributed by atoms with Crippen molar-refractivity contribution in [2.45, 2.75) is 33.2 Å². The Morgan fingerprint density at radius 3 is 2.47 bits per heavy atom. The van der Waals surface area contributed by atoms with Gasteiger partial charge in [0, 0.05) is 24.7 Å². The lowest BCUT2D eigenvalue weighted by Crippen LogP contribution is -2.40. The summed E-state index contributed by atoms with van der Waals surface area (Å²) < 4.78 is 1.97. The molecular formula is C24H31N5O. The molecule has 3 rings (SSSR count). The van der Waals surface area contributed by atoms with Crippen LogP contribution in [-0.4, -0.2) is 40.5 Å². The average Bonchev–Trinajstić information content (AvgIpc) is 3.11. The molecule has 0 aliphatic rings. The van der Waals surface area contributed by atoms with E-state index in [1.165, 1.54) is 0 Å². The molecule has 6 heteroatoms. The maximum Gasteiger partial charge on any atom is 0.191 e. The van der Waals surface area contributed by atoms with Gasteiger partial charge in [0.05, 0.1) is 24.5 Å². The summed E-state index contributed by atoms with van der Waals surface area (Å²) >= 11 is 0. The van der Waals surface area contributed by atoms with Crippen LogP contribution in [0.5, 0.6) is 0 Å². The van der Waals surface area contributed by atoms with Gasteiger partial charge in [-0.3, -0.25) is 0 Å². The molecule has 158 valence electrons. The van der Waals surface area contributed by atoms with Gasteiger partial charge in [-0.2, -0.15) is 5.10 Å². The maximum atomic E-state index is 9.81. The molecule has 6 nitrogen and oxygen atoms in total. The van der Waals surface area contributed by atoms with E-state index in [4.69, 9.17) is 4.99 Å². The second kappa shape index (κ2) is 10.6. The fourth-order valence-corrected chi connectivity index (χ4v) is 3.46. The normalized spacial score (nSPS) is 12.6. The van der Waals surface area contributed by atoms with Gasteiger partial charge in [-0.15, -0.1) is 0 Å². The van der Waals surface area contributed by atoms with Crippen LogP contribution in [0.4, 0.5) is 0 Å². The summed E-state index contributed by atoms with van der Waals surface area (Å²) in [6, 6.07) is 20.3. The SMILES string of the molecule is CCNC(=NCc1ccccc1-n1nc(C)cc1C)NCC(CO)c1ccccc1. The number of hydrogen-bond donors (Lipinski definition) is 3. The molecule has 2 aromatic carbocycles. The summed E-state index contributed by atoms with van der Waals surface area (Å²) in [5.74, 6) is 0.743. The van der Waals surface area contributed by atoms with Crippen LogP contribution < -0.4 is 10.6 Å². The molecule has 0 saturated heterocycles. The third kappa shape index (κ3) is 5.48. The molecule has 0 bridgehead atoms. The standard InChI is InChI=1S/C24H31N5O/c1-4-25-24(27-16-22(17-30)20-10-6-5-7-11-20)26-15-21-12-8-9-13-23(21)29-19(3)14-18(2)28-29/h5-14,22,30H,4,15-17H2,1-3H3,(H2,25,26,27). The Kier molecular flexibility index (Phi) is 7.63. The Morgan fingerprint density at radius 1 is 1.07 bits per heavy atom. The molecular weight excluding hydrogens is 374 g/mol. The number of nitrogens with one attached hydrogen (secondary N) is 2. The average molecular weight is 406 g/mol. The van der Waals surface area contributed by atoms with Crippen molar-refractivity contribution < 1.29 is 5.11 Å². The number of aliphatic imine (C=N–C) groups is 1. The molecule has 0 saturated carbocycles. The van der Waals surface area contributed by atoms with Crippen molar-refractivity contribution in [3.8, 4) is 5.69 Å². The van der Waals surface area contributed by atoms with Gasteiger partial charge in [0.1, 0.15) is 0 Å². The monoisotopic (exact) mass is 405 g/mol. The lowest BCUT2D eigenvalue weighted by Gasteiger charge is -2.18. The van der Waals surface area contributed by atoms with E-state index in [0.29, 0.717) is 13.1 Å². The number of aliphatic hydroxyl groups is 1. The van der Waals surface area contributed by atoms with Crippen LogP contribution in [0.3, 0.4) is 0 Å². The van der Waals surface area contributed by atoms with Gasteiger partial charge in [0.25, 0.3) is 0 Å². The molecule has 1 unspecified atom stereocenters. The number of nitrogens with zero attached hydrogens (tertiary/aromatic N) is 3. The first kappa shape index (κ1) is 21.6. The predicted molar refractivity (Wildman–Crippen MR) is 122 cm³/mol. The van der Waals surface area contributed by atoms with E-state index in [1.807, 2.05) is 61.0 Å². The molecule has 30 heavy (non-hydrogen) atoms. The fourth-order valence-electron chi connectivity index (χ4n) is 3.46. The lowest BCUT2D eigenvalue weighted by molar-refractivity contribution is 0.265. The molecule has 0 amide bonds. The number of benzene rings is 2. The number of aromatic nitrogens is 2. The van der Waals surface area contributed by atoms with Crippen LogP contribution in [0.15, 0.2) is 65.7 Å². The van der Waals surface area contributed by atoms with E-state index in [0.717, 1.165) is 40.7 Å². The van der Waals surface area contributed by atoms with Crippen LogP contribution in [-0.2, 0) is 6.54 Å². The van der Waals surface area contributed by atoms with E-state index in [2.05, 4.69) is 40.9 Å². The van der Waals surface area contributed by atoms with Gasteiger partial charge in [-0.1, -0.05) is 48.5 Å². The Bertz CT molecular complexity index is 965. The highest BCUT2D eigenvalue weighted by molar-refractivity contribution is 5.79. The van der Waals surface area contributed by atoms with Crippen molar-refractivity contribution in [2.75, 3.05) is 19.7 Å². The van der Waals surface area contributed by atoms with E-state index in [9.17, 15) is 5.11 Å². The first-order valence-electron chi connectivity index (χ1n) is 10.4. The fraction of sp³-hybridized carbons (Fsp3) is 0.333. The molecule has 1 atom stereocenters. The number of hydrogen-bond acceptors (Lipinski definition) is 3. The van der Waals surface area contributed by atoms with Crippen molar-refractivity contribution >= 4 is 5.96 Å². The summed E-state index contributed by atoms with van der Waals surface area (Å²) in [5.41, 5.74) is 5.35. The maximum absolute atomic E-state index is 9.81. The van der Waals surface area contributed by atoms with E-state index < -0.39 is 0 Å². The third-order valence-electron chi connectivity index (χ3n) is 4.99. The Balaban J connectivity index is 1.75. The molecule has 0 aliphatic heterocycles. The quantitative estimate of drug-likeness (QED) is 0.397.